The zero-order chi connectivity index (χ0) is 11.7. The summed E-state index contributed by atoms with van der Waals surface area (Å²) < 4.78 is 1.97. The molecule has 0 amide bonds. The quantitative estimate of drug-likeness (QED) is 0.577. The van der Waals surface area contributed by atoms with E-state index in [4.69, 9.17) is 11.6 Å². The normalized spacial score (nSPS) is 18.4. The van der Waals surface area contributed by atoms with E-state index < -0.39 is 0 Å². The molecule has 0 saturated heterocycles. The third-order valence-electron chi connectivity index (χ3n) is 3.51. The van der Waals surface area contributed by atoms with E-state index >= 15 is 0 Å². The Balaban J connectivity index is 1.98. The Kier molecular flexibility index (Phi) is 2.97. The fraction of sp³-hybridized carbons (Fsp3) is 0.583. The average Bonchev–Trinajstić information content (AvgIpc) is 2.57. The van der Waals surface area contributed by atoms with Gasteiger partial charge in [-0.1, -0.05) is 37.3 Å². The summed E-state index contributed by atoms with van der Waals surface area (Å²) in [5.41, 5.74) is 0.796. The Morgan fingerprint density at radius 3 is 2.65 bits per heavy atom. The maximum atomic E-state index is 5.85. The van der Waals surface area contributed by atoms with Gasteiger partial charge in [-0.2, -0.15) is 0 Å². The van der Waals surface area contributed by atoms with Gasteiger partial charge in [-0.3, -0.25) is 4.40 Å². The summed E-state index contributed by atoms with van der Waals surface area (Å²) in [6.45, 7) is 0. The van der Waals surface area contributed by atoms with Crippen molar-refractivity contribution in [3.8, 4) is 0 Å². The molecule has 1 aliphatic carbocycles. The molecule has 0 unspecified atom stereocenters. The molecule has 1 saturated carbocycles. The number of halogens is 1. The molecule has 2 aromatic heterocycles. The lowest BCUT2D eigenvalue weighted by Crippen LogP contribution is -2.04. The number of rotatable bonds is 1. The fourth-order valence-electron chi connectivity index (χ4n) is 2.61. The van der Waals surface area contributed by atoms with Crippen LogP contribution < -0.4 is 0 Å². The highest BCUT2D eigenvalue weighted by atomic mass is 35.5. The average molecular weight is 251 g/mol. The van der Waals surface area contributed by atoms with Crippen LogP contribution in [0.5, 0.6) is 0 Å². The number of aromatic nitrogens is 4. The third-order valence-corrected chi connectivity index (χ3v) is 3.72. The number of fused-ring (bicyclic) bond motifs is 1. The van der Waals surface area contributed by atoms with E-state index in [1.165, 1.54) is 38.5 Å². The van der Waals surface area contributed by atoms with Gasteiger partial charge in [-0.25, -0.2) is 4.98 Å². The molecular formula is C12H15ClN4. The molecule has 0 spiro atoms. The van der Waals surface area contributed by atoms with Crippen molar-refractivity contribution < 1.29 is 0 Å². The molecule has 0 bridgehead atoms. The van der Waals surface area contributed by atoms with E-state index in [0.29, 0.717) is 11.1 Å². The summed E-state index contributed by atoms with van der Waals surface area (Å²) in [5.74, 6) is 1.57. The lowest BCUT2D eigenvalue weighted by Gasteiger charge is -2.11. The summed E-state index contributed by atoms with van der Waals surface area (Å²) >= 11 is 5.85. The zero-order valence-corrected chi connectivity index (χ0v) is 10.4. The summed E-state index contributed by atoms with van der Waals surface area (Å²) in [7, 11) is 0. The molecular weight excluding hydrogens is 236 g/mol. The van der Waals surface area contributed by atoms with Crippen LogP contribution in [0.4, 0.5) is 0 Å². The monoisotopic (exact) mass is 250 g/mol. The van der Waals surface area contributed by atoms with E-state index in [9.17, 15) is 0 Å². The van der Waals surface area contributed by atoms with E-state index in [1.54, 1.807) is 12.4 Å². The van der Waals surface area contributed by atoms with Crippen molar-refractivity contribution in [2.24, 2.45) is 0 Å². The second kappa shape index (κ2) is 4.61. The summed E-state index contributed by atoms with van der Waals surface area (Å²) in [5, 5.41) is 8.96. The Morgan fingerprint density at radius 2 is 1.88 bits per heavy atom. The highest BCUT2D eigenvalue weighted by Crippen LogP contribution is 2.30. The van der Waals surface area contributed by atoms with Crippen LogP contribution in [0.15, 0.2) is 12.4 Å². The Morgan fingerprint density at radius 1 is 1.12 bits per heavy atom. The summed E-state index contributed by atoms with van der Waals surface area (Å²) in [6.07, 6.45) is 9.43. The minimum Gasteiger partial charge on any atom is -0.269 e. The highest BCUT2D eigenvalue weighted by Gasteiger charge is 2.19. The smallest absolute Gasteiger partial charge is 0.165 e. The molecule has 4 nitrogen and oxygen atoms in total. The SMILES string of the molecule is Clc1cc2nnc(C3CCCCCC3)n2cn1. The predicted molar refractivity (Wildman–Crippen MR) is 66.2 cm³/mol. The first-order valence-electron chi connectivity index (χ1n) is 6.21. The lowest BCUT2D eigenvalue weighted by atomic mass is 10.00. The molecule has 0 atom stereocenters. The minimum absolute atomic E-state index is 0.470. The second-order valence-corrected chi connectivity index (χ2v) is 5.07. The van der Waals surface area contributed by atoms with Crippen LogP contribution in [-0.2, 0) is 0 Å². The van der Waals surface area contributed by atoms with Crippen molar-refractivity contribution in [2.45, 2.75) is 44.4 Å². The molecule has 0 aliphatic heterocycles. The largest absolute Gasteiger partial charge is 0.269 e. The van der Waals surface area contributed by atoms with Gasteiger partial charge >= 0.3 is 0 Å². The van der Waals surface area contributed by atoms with Crippen molar-refractivity contribution in [1.29, 1.82) is 0 Å². The van der Waals surface area contributed by atoms with Crippen molar-refractivity contribution in [2.75, 3.05) is 0 Å². The minimum atomic E-state index is 0.470. The number of nitrogens with zero attached hydrogens (tertiary/aromatic N) is 4. The number of hydrogen-bond acceptors (Lipinski definition) is 3. The van der Waals surface area contributed by atoms with E-state index in [2.05, 4.69) is 15.2 Å². The van der Waals surface area contributed by atoms with Crippen molar-refractivity contribution >= 4 is 17.2 Å². The van der Waals surface area contributed by atoms with Crippen LogP contribution in [0.2, 0.25) is 5.15 Å². The van der Waals surface area contributed by atoms with Crippen LogP contribution >= 0.6 is 11.6 Å². The molecule has 3 rings (SSSR count). The van der Waals surface area contributed by atoms with Gasteiger partial charge in [-0.05, 0) is 12.8 Å². The topological polar surface area (TPSA) is 43.1 Å². The zero-order valence-electron chi connectivity index (χ0n) is 9.64. The van der Waals surface area contributed by atoms with Gasteiger partial charge in [0.25, 0.3) is 0 Å². The number of hydrogen-bond donors (Lipinski definition) is 0. The molecule has 1 aliphatic rings. The van der Waals surface area contributed by atoms with Gasteiger partial charge in [0.05, 0.1) is 0 Å². The van der Waals surface area contributed by atoms with Gasteiger partial charge in [0, 0.05) is 12.0 Å². The maximum Gasteiger partial charge on any atom is 0.165 e. The van der Waals surface area contributed by atoms with Crippen molar-refractivity contribution in [3.63, 3.8) is 0 Å². The van der Waals surface area contributed by atoms with Gasteiger partial charge in [0.1, 0.15) is 17.3 Å². The molecule has 0 N–H and O–H groups in total. The van der Waals surface area contributed by atoms with Crippen molar-refractivity contribution in [1.82, 2.24) is 19.6 Å². The standard InChI is InChI=1S/C12H15ClN4/c13-10-7-11-15-16-12(17(11)8-14-10)9-5-3-1-2-4-6-9/h7-9H,1-6H2. The molecule has 17 heavy (non-hydrogen) atoms. The van der Waals surface area contributed by atoms with Gasteiger partial charge in [0.15, 0.2) is 5.65 Å². The molecule has 1 fully saturated rings. The predicted octanol–water partition coefficient (Wildman–Crippen LogP) is 3.22. The molecule has 90 valence electrons. The second-order valence-electron chi connectivity index (χ2n) is 4.69. The Hall–Kier alpha value is -1.16. The Labute approximate surface area is 105 Å². The highest BCUT2D eigenvalue weighted by molar-refractivity contribution is 6.29. The molecule has 0 aromatic carbocycles. The van der Waals surface area contributed by atoms with Crippen LogP contribution in [0.3, 0.4) is 0 Å². The van der Waals surface area contributed by atoms with E-state index in [0.717, 1.165) is 11.5 Å². The first kappa shape index (κ1) is 11.0. The fourth-order valence-corrected chi connectivity index (χ4v) is 2.75. The van der Waals surface area contributed by atoms with Crippen LogP contribution in [0.1, 0.15) is 50.3 Å². The first-order chi connectivity index (χ1) is 8.34. The third kappa shape index (κ3) is 2.14. The maximum absolute atomic E-state index is 5.85. The van der Waals surface area contributed by atoms with Gasteiger partial charge in [0.2, 0.25) is 0 Å². The van der Waals surface area contributed by atoms with Crippen molar-refractivity contribution in [3.05, 3.63) is 23.4 Å². The Bertz CT molecular complexity index is 514. The van der Waals surface area contributed by atoms with E-state index in [-0.39, 0.29) is 0 Å². The summed E-state index contributed by atoms with van der Waals surface area (Å²) in [4.78, 5) is 4.11. The molecule has 2 aromatic rings. The van der Waals surface area contributed by atoms with Gasteiger partial charge in [-0.15, -0.1) is 10.2 Å². The van der Waals surface area contributed by atoms with Crippen LogP contribution in [0.25, 0.3) is 5.65 Å². The van der Waals surface area contributed by atoms with Gasteiger partial charge < -0.3 is 0 Å². The molecule has 0 radical (unpaired) electrons. The summed E-state index contributed by atoms with van der Waals surface area (Å²) in [6, 6.07) is 1.76. The lowest BCUT2D eigenvalue weighted by molar-refractivity contribution is 0.554. The molecule has 2 heterocycles. The van der Waals surface area contributed by atoms with Crippen LogP contribution in [-0.4, -0.2) is 19.6 Å². The first-order valence-corrected chi connectivity index (χ1v) is 6.58. The van der Waals surface area contributed by atoms with E-state index in [1.807, 2.05) is 4.40 Å². The molecule has 5 heteroatoms. The van der Waals surface area contributed by atoms with Crippen LogP contribution in [0, 0.1) is 0 Å².